The molecule has 2 bridgehead atoms. The maximum Gasteiger partial charge on any atom is 0.201 e. The van der Waals surface area contributed by atoms with E-state index in [0.717, 1.165) is 31.7 Å². The van der Waals surface area contributed by atoms with Crippen molar-refractivity contribution in [3.8, 4) is 11.3 Å². The summed E-state index contributed by atoms with van der Waals surface area (Å²) in [7, 11) is 0. The largest absolute Gasteiger partial charge is 0.324 e. The van der Waals surface area contributed by atoms with Crippen LogP contribution in [0.2, 0.25) is 0 Å². The summed E-state index contributed by atoms with van der Waals surface area (Å²) < 4.78 is 42.4. The van der Waals surface area contributed by atoms with Gasteiger partial charge in [0.1, 0.15) is 11.6 Å². The highest BCUT2D eigenvalue weighted by Crippen LogP contribution is 2.61. The molecule has 1 aliphatic carbocycles. The molecule has 172 valence electrons. The lowest BCUT2D eigenvalue weighted by atomic mass is 9.58. The molecule has 32 heavy (non-hydrogen) atoms. The molecule has 0 radical (unpaired) electrons. The van der Waals surface area contributed by atoms with Crippen LogP contribution in [0.1, 0.15) is 52.7 Å². The van der Waals surface area contributed by atoms with Crippen molar-refractivity contribution in [1.29, 1.82) is 0 Å². The van der Waals surface area contributed by atoms with E-state index in [1.807, 2.05) is 6.92 Å². The number of ether oxygens (including phenoxy) is 2. The van der Waals surface area contributed by atoms with Gasteiger partial charge in [0, 0.05) is 29.9 Å². The minimum absolute atomic E-state index is 0.0187. The second-order valence-corrected chi connectivity index (χ2v) is 10.0. The molecule has 5 aliphatic rings. The molecule has 0 N–H and O–H groups in total. The van der Waals surface area contributed by atoms with Crippen molar-refractivity contribution in [1.82, 2.24) is 15.0 Å². The third-order valence-electron chi connectivity index (χ3n) is 8.10. The number of fused-ring (bicyclic) bond motifs is 2. The molecule has 2 aromatic rings. The number of halogens is 2. The molecule has 1 aromatic carbocycles. The number of benzene rings is 1. The fraction of sp³-hybridized carbons (Fsp3) is 0.652. The van der Waals surface area contributed by atoms with E-state index in [1.165, 1.54) is 18.3 Å². The van der Waals surface area contributed by atoms with Crippen molar-refractivity contribution in [2.75, 3.05) is 0 Å². The normalized spacial score (nSPS) is 43.0. The van der Waals surface area contributed by atoms with E-state index in [-0.39, 0.29) is 17.8 Å². The predicted octanol–water partition coefficient (Wildman–Crippen LogP) is 4.60. The van der Waals surface area contributed by atoms with Gasteiger partial charge in [-0.2, -0.15) is 0 Å². The second kappa shape index (κ2) is 7.03. The molecule has 7 rings (SSSR count). The number of hydrogen-bond donors (Lipinski definition) is 0. The number of hydrogen-bond acceptors (Lipinski definition) is 6. The SMILES string of the molecule is C[C@H]1[C@H](n2nncc2-c2cc(F)cc(F)c2)O[C@@H]2O[C@@]3(C)CC[C@H]4[C@H](C)CC[C@@H]1[C@@]24OO3. The van der Waals surface area contributed by atoms with Crippen LogP contribution in [-0.2, 0) is 19.2 Å². The molecule has 8 atom stereocenters. The zero-order valence-electron chi connectivity index (χ0n) is 18.3. The van der Waals surface area contributed by atoms with Crippen LogP contribution in [0.25, 0.3) is 11.3 Å². The number of rotatable bonds is 2. The molecule has 4 saturated heterocycles. The van der Waals surface area contributed by atoms with Crippen molar-refractivity contribution in [2.45, 2.75) is 70.4 Å². The van der Waals surface area contributed by atoms with Crippen LogP contribution < -0.4 is 0 Å². The molecule has 0 unspecified atom stereocenters. The van der Waals surface area contributed by atoms with E-state index in [9.17, 15) is 8.78 Å². The summed E-state index contributed by atoms with van der Waals surface area (Å²) in [5.74, 6) is -1.38. The highest BCUT2D eigenvalue weighted by molar-refractivity contribution is 5.58. The Morgan fingerprint density at radius 1 is 1.03 bits per heavy atom. The maximum atomic E-state index is 13.9. The van der Waals surface area contributed by atoms with Gasteiger partial charge >= 0.3 is 0 Å². The molecule has 4 aliphatic heterocycles. The summed E-state index contributed by atoms with van der Waals surface area (Å²) in [5.41, 5.74) is 0.155. The van der Waals surface area contributed by atoms with Gasteiger partial charge in [-0.05, 0) is 50.2 Å². The van der Waals surface area contributed by atoms with E-state index in [2.05, 4.69) is 24.2 Å². The summed E-state index contributed by atoms with van der Waals surface area (Å²) in [6.45, 7) is 6.25. The molecule has 9 heteroatoms. The van der Waals surface area contributed by atoms with Crippen molar-refractivity contribution < 1.29 is 28.0 Å². The van der Waals surface area contributed by atoms with Crippen LogP contribution in [0.4, 0.5) is 8.78 Å². The van der Waals surface area contributed by atoms with Gasteiger partial charge in [-0.1, -0.05) is 19.1 Å². The summed E-state index contributed by atoms with van der Waals surface area (Å²) in [6.07, 6.45) is 4.04. The minimum atomic E-state index is -0.875. The first kappa shape index (κ1) is 20.7. The summed E-state index contributed by atoms with van der Waals surface area (Å²) in [5, 5.41) is 8.29. The van der Waals surface area contributed by atoms with E-state index in [0.29, 0.717) is 17.2 Å². The first-order valence-corrected chi connectivity index (χ1v) is 11.4. The van der Waals surface area contributed by atoms with Gasteiger partial charge in [-0.25, -0.2) is 23.2 Å². The van der Waals surface area contributed by atoms with Crippen LogP contribution >= 0.6 is 0 Å². The minimum Gasteiger partial charge on any atom is -0.324 e. The maximum absolute atomic E-state index is 13.9. The van der Waals surface area contributed by atoms with Crippen molar-refractivity contribution >= 4 is 0 Å². The molecule has 5 heterocycles. The van der Waals surface area contributed by atoms with Crippen molar-refractivity contribution in [3.63, 3.8) is 0 Å². The van der Waals surface area contributed by atoms with Crippen LogP contribution in [0.15, 0.2) is 24.4 Å². The Hall–Kier alpha value is -1.94. The molecule has 1 aromatic heterocycles. The monoisotopic (exact) mass is 447 g/mol. The lowest BCUT2D eigenvalue weighted by Gasteiger charge is -2.60. The van der Waals surface area contributed by atoms with E-state index in [1.54, 1.807) is 4.68 Å². The van der Waals surface area contributed by atoms with Crippen molar-refractivity contribution in [2.24, 2.45) is 23.7 Å². The van der Waals surface area contributed by atoms with Crippen molar-refractivity contribution in [3.05, 3.63) is 36.0 Å². The van der Waals surface area contributed by atoms with Crippen LogP contribution in [0.3, 0.4) is 0 Å². The van der Waals surface area contributed by atoms with Gasteiger partial charge in [0.2, 0.25) is 5.79 Å². The van der Waals surface area contributed by atoms with Gasteiger partial charge in [-0.15, -0.1) is 5.10 Å². The molecule has 1 spiro atoms. The van der Waals surface area contributed by atoms with E-state index in [4.69, 9.17) is 19.2 Å². The lowest BCUT2D eigenvalue weighted by Crippen LogP contribution is -2.69. The van der Waals surface area contributed by atoms with E-state index >= 15 is 0 Å². The Balaban J connectivity index is 1.43. The van der Waals surface area contributed by atoms with Crippen LogP contribution in [0, 0.1) is 35.3 Å². The molecular formula is C23H27F2N3O4. The Bertz CT molecular complexity index is 1030. The van der Waals surface area contributed by atoms with Gasteiger partial charge in [0.05, 0.1) is 11.9 Å². The standard InChI is InChI=1S/C23H27F2N3O4/c1-12-4-5-18-13(2)20(28-19(11-26-27-28)14-8-15(24)10-16(25)9-14)29-21-23(18)17(12)6-7-22(3,30-21)31-32-23/h8-13,17-18,20-21H,4-7H2,1-3H3/t12-,13-,17+,18+,20-,21-,22-,23-/m1/s1. The fourth-order valence-electron chi connectivity index (χ4n) is 6.51. The number of nitrogens with zero attached hydrogens (tertiary/aromatic N) is 3. The zero-order valence-corrected chi connectivity index (χ0v) is 18.3. The van der Waals surface area contributed by atoms with Crippen LogP contribution in [0.5, 0.6) is 0 Å². The Labute approximate surface area is 184 Å². The Morgan fingerprint density at radius 3 is 2.59 bits per heavy atom. The highest BCUT2D eigenvalue weighted by atomic mass is 19.1. The zero-order chi connectivity index (χ0) is 22.3. The third-order valence-corrected chi connectivity index (χ3v) is 8.10. The second-order valence-electron chi connectivity index (χ2n) is 10.0. The number of aromatic nitrogens is 3. The van der Waals surface area contributed by atoms with Gasteiger partial charge in [-0.3, -0.25) is 0 Å². The van der Waals surface area contributed by atoms with Gasteiger partial charge in [0.25, 0.3) is 0 Å². The van der Waals surface area contributed by atoms with Gasteiger partial charge in [0.15, 0.2) is 18.1 Å². The summed E-state index contributed by atoms with van der Waals surface area (Å²) >= 11 is 0. The Kier molecular flexibility index (Phi) is 4.54. The first-order chi connectivity index (χ1) is 15.3. The molecule has 5 fully saturated rings. The smallest absolute Gasteiger partial charge is 0.201 e. The Morgan fingerprint density at radius 2 is 1.81 bits per heavy atom. The quantitative estimate of drug-likeness (QED) is 0.627. The van der Waals surface area contributed by atoms with Crippen LogP contribution in [-0.4, -0.2) is 32.7 Å². The first-order valence-electron chi connectivity index (χ1n) is 11.4. The predicted molar refractivity (Wildman–Crippen MR) is 107 cm³/mol. The summed E-state index contributed by atoms with van der Waals surface area (Å²) in [4.78, 5) is 12.0. The summed E-state index contributed by atoms with van der Waals surface area (Å²) in [6, 6.07) is 3.39. The van der Waals surface area contributed by atoms with Gasteiger partial charge < -0.3 is 9.47 Å². The molecule has 7 nitrogen and oxygen atoms in total. The fourth-order valence-corrected chi connectivity index (χ4v) is 6.51. The third kappa shape index (κ3) is 2.84. The molecule has 1 saturated carbocycles. The van der Waals surface area contributed by atoms with E-state index < -0.39 is 35.5 Å². The highest BCUT2D eigenvalue weighted by Gasteiger charge is 2.69. The molecular weight excluding hydrogens is 420 g/mol. The molecule has 0 amide bonds. The topological polar surface area (TPSA) is 67.6 Å². The average Bonchev–Trinajstić information content (AvgIpc) is 3.11. The lowest BCUT2D eigenvalue weighted by molar-refractivity contribution is -0.574. The average molecular weight is 447 g/mol.